The van der Waals surface area contributed by atoms with Gasteiger partial charge in [0.15, 0.2) is 0 Å². The van der Waals surface area contributed by atoms with Crippen LogP contribution < -0.4 is 4.90 Å². The molecule has 0 atom stereocenters. The van der Waals surface area contributed by atoms with Gasteiger partial charge in [0, 0.05) is 66.8 Å². The third-order valence-electron chi connectivity index (χ3n) is 6.84. The summed E-state index contributed by atoms with van der Waals surface area (Å²) in [7, 11) is 0. The maximum atomic E-state index is 4.50. The molecule has 1 aromatic carbocycles. The van der Waals surface area contributed by atoms with Gasteiger partial charge in [0.2, 0.25) is 0 Å². The number of rotatable bonds is 4. The van der Waals surface area contributed by atoms with Crippen LogP contribution in [0.5, 0.6) is 0 Å². The predicted octanol–water partition coefficient (Wildman–Crippen LogP) is 4.22. The van der Waals surface area contributed by atoms with E-state index >= 15 is 0 Å². The molecule has 3 aromatic rings. The molecule has 2 aliphatic heterocycles. The summed E-state index contributed by atoms with van der Waals surface area (Å²) in [4.78, 5) is 18.7. The molecule has 5 rings (SSSR count). The number of hydrogen-bond donors (Lipinski definition) is 0. The standard InChI is InChI=1S/C24H29N5/c1-2-23-26-16-19(17-27-23)18-29-12-4-8-24(29)9-13-28(14-10-24)21-6-7-22-20(15-21)5-3-11-25-22/h3,5-7,11,15-17H,2,4,8-10,12-14,18H2,1H3. The molecule has 0 N–H and O–H groups in total. The second-order valence-corrected chi connectivity index (χ2v) is 8.48. The van der Waals surface area contributed by atoms with Gasteiger partial charge in [-0.2, -0.15) is 0 Å². The molecule has 2 fully saturated rings. The molecular weight excluding hydrogens is 358 g/mol. The maximum absolute atomic E-state index is 4.50. The highest BCUT2D eigenvalue weighted by molar-refractivity contribution is 5.82. The number of pyridine rings is 1. The summed E-state index contributed by atoms with van der Waals surface area (Å²) in [6.45, 7) is 6.51. The summed E-state index contributed by atoms with van der Waals surface area (Å²) in [5.74, 6) is 0.934. The monoisotopic (exact) mass is 387 g/mol. The Labute approximate surface area is 172 Å². The molecule has 0 unspecified atom stereocenters. The van der Waals surface area contributed by atoms with Gasteiger partial charge in [-0.3, -0.25) is 9.88 Å². The van der Waals surface area contributed by atoms with Crippen molar-refractivity contribution in [2.24, 2.45) is 0 Å². The summed E-state index contributed by atoms with van der Waals surface area (Å²) in [6.07, 6.45) is 11.9. The number of fused-ring (bicyclic) bond motifs is 1. The van der Waals surface area contributed by atoms with Crippen LogP contribution in [0.15, 0.2) is 48.9 Å². The van der Waals surface area contributed by atoms with Crippen molar-refractivity contribution in [3.05, 3.63) is 60.3 Å². The van der Waals surface area contributed by atoms with Gasteiger partial charge < -0.3 is 4.90 Å². The lowest BCUT2D eigenvalue weighted by atomic mass is 9.84. The number of nitrogens with zero attached hydrogens (tertiary/aromatic N) is 5. The quantitative estimate of drug-likeness (QED) is 0.671. The number of benzene rings is 1. The van der Waals surface area contributed by atoms with E-state index in [1.54, 1.807) is 0 Å². The van der Waals surface area contributed by atoms with Gasteiger partial charge >= 0.3 is 0 Å². The summed E-state index contributed by atoms with van der Waals surface area (Å²) in [6, 6.07) is 10.8. The Morgan fingerprint density at radius 2 is 1.79 bits per heavy atom. The van der Waals surface area contributed by atoms with Gasteiger partial charge in [-0.05, 0) is 56.5 Å². The van der Waals surface area contributed by atoms with Crippen LogP contribution in [0.3, 0.4) is 0 Å². The molecule has 2 saturated heterocycles. The topological polar surface area (TPSA) is 45.2 Å². The van der Waals surface area contributed by atoms with Crippen LogP contribution in [0.2, 0.25) is 0 Å². The molecule has 1 spiro atoms. The smallest absolute Gasteiger partial charge is 0.127 e. The first-order valence-corrected chi connectivity index (χ1v) is 10.9. The lowest BCUT2D eigenvalue weighted by Crippen LogP contribution is -2.51. The molecule has 0 amide bonds. The number of hydrogen-bond acceptors (Lipinski definition) is 5. The van der Waals surface area contributed by atoms with E-state index in [-0.39, 0.29) is 0 Å². The van der Waals surface area contributed by atoms with Crippen LogP contribution in [0.1, 0.15) is 44.0 Å². The van der Waals surface area contributed by atoms with Crippen molar-refractivity contribution < 1.29 is 0 Å². The average Bonchev–Trinajstić information content (AvgIpc) is 3.16. The van der Waals surface area contributed by atoms with E-state index in [4.69, 9.17) is 0 Å². The van der Waals surface area contributed by atoms with Crippen molar-refractivity contribution in [3.8, 4) is 0 Å². The Hall–Kier alpha value is -2.53. The minimum atomic E-state index is 0.346. The number of piperidine rings is 1. The summed E-state index contributed by atoms with van der Waals surface area (Å²) in [5, 5.41) is 1.23. The highest BCUT2D eigenvalue weighted by Crippen LogP contribution is 2.40. The van der Waals surface area contributed by atoms with Crippen molar-refractivity contribution in [1.82, 2.24) is 19.9 Å². The molecule has 5 heteroatoms. The van der Waals surface area contributed by atoms with E-state index in [9.17, 15) is 0 Å². The first-order chi connectivity index (χ1) is 14.3. The lowest BCUT2D eigenvalue weighted by Gasteiger charge is -2.46. The van der Waals surface area contributed by atoms with E-state index < -0.39 is 0 Å². The second-order valence-electron chi connectivity index (χ2n) is 8.48. The normalized spacial score (nSPS) is 19.3. The van der Waals surface area contributed by atoms with Crippen LogP contribution in [0, 0.1) is 0 Å². The van der Waals surface area contributed by atoms with Crippen LogP contribution >= 0.6 is 0 Å². The number of anilines is 1. The second kappa shape index (κ2) is 7.71. The fourth-order valence-electron chi connectivity index (χ4n) is 5.11. The minimum Gasteiger partial charge on any atom is -0.371 e. The van der Waals surface area contributed by atoms with Crippen molar-refractivity contribution in [1.29, 1.82) is 0 Å². The van der Waals surface area contributed by atoms with E-state index in [1.807, 2.05) is 24.7 Å². The van der Waals surface area contributed by atoms with Crippen molar-refractivity contribution >= 4 is 16.6 Å². The van der Waals surface area contributed by atoms with E-state index in [0.717, 1.165) is 37.4 Å². The number of likely N-dealkylation sites (tertiary alicyclic amines) is 1. The Balaban J connectivity index is 1.28. The van der Waals surface area contributed by atoms with E-state index in [2.05, 4.69) is 55.9 Å². The fraction of sp³-hybridized carbons (Fsp3) is 0.458. The minimum absolute atomic E-state index is 0.346. The van der Waals surface area contributed by atoms with E-state index in [0.29, 0.717) is 5.54 Å². The molecule has 0 bridgehead atoms. The van der Waals surface area contributed by atoms with Crippen molar-refractivity contribution in [3.63, 3.8) is 0 Å². The molecule has 4 heterocycles. The third kappa shape index (κ3) is 3.60. The van der Waals surface area contributed by atoms with Crippen LogP contribution in [0.25, 0.3) is 10.9 Å². The lowest BCUT2D eigenvalue weighted by molar-refractivity contribution is 0.0996. The molecular formula is C24H29N5. The SMILES string of the molecule is CCc1ncc(CN2CCCC23CCN(c2ccc4ncccc4c2)CC3)cn1. The van der Waals surface area contributed by atoms with Gasteiger partial charge in [0.05, 0.1) is 5.52 Å². The first-order valence-electron chi connectivity index (χ1n) is 10.9. The fourth-order valence-corrected chi connectivity index (χ4v) is 5.11. The third-order valence-corrected chi connectivity index (χ3v) is 6.84. The molecule has 29 heavy (non-hydrogen) atoms. The Bertz CT molecular complexity index is 976. The zero-order chi connectivity index (χ0) is 19.7. The van der Waals surface area contributed by atoms with Crippen LogP contribution in [0.4, 0.5) is 5.69 Å². The van der Waals surface area contributed by atoms with Gasteiger partial charge in [0.25, 0.3) is 0 Å². The highest BCUT2D eigenvalue weighted by atomic mass is 15.3. The molecule has 0 radical (unpaired) electrons. The zero-order valence-corrected chi connectivity index (χ0v) is 17.2. The first kappa shape index (κ1) is 18.5. The zero-order valence-electron chi connectivity index (χ0n) is 17.2. The number of aromatic nitrogens is 3. The van der Waals surface area contributed by atoms with Gasteiger partial charge in [-0.25, -0.2) is 9.97 Å². The van der Waals surface area contributed by atoms with Crippen LogP contribution in [-0.4, -0.2) is 45.0 Å². The largest absolute Gasteiger partial charge is 0.371 e. The summed E-state index contributed by atoms with van der Waals surface area (Å²) in [5.41, 5.74) is 3.99. The van der Waals surface area contributed by atoms with Crippen molar-refractivity contribution in [2.45, 2.75) is 51.1 Å². The van der Waals surface area contributed by atoms with Crippen LogP contribution in [-0.2, 0) is 13.0 Å². The molecule has 5 nitrogen and oxygen atoms in total. The van der Waals surface area contributed by atoms with Crippen molar-refractivity contribution in [2.75, 3.05) is 24.5 Å². The summed E-state index contributed by atoms with van der Waals surface area (Å²) >= 11 is 0. The Morgan fingerprint density at radius 3 is 2.59 bits per heavy atom. The molecule has 2 aromatic heterocycles. The molecule has 2 aliphatic rings. The summed E-state index contributed by atoms with van der Waals surface area (Å²) < 4.78 is 0. The average molecular weight is 388 g/mol. The van der Waals surface area contributed by atoms with Gasteiger partial charge in [-0.1, -0.05) is 13.0 Å². The Morgan fingerprint density at radius 1 is 0.966 bits per heavy atom. The molecule has 0 saturated carbocycles. The maximum Gasteiger partial charge on any atom is 0.127 e. The van der Waals surface area contributed by atoms with Gasteiger partial charge in [0.1, 0.15) is 5.82 Å². The molecule has 0 aliphatic carbocycles. The predicted molar refractivity (Wildman–Crippen MR) is 117 cm³/mol. The highest BCUT2D eigenvalue weighted by Gasteiger charge is 2.42. The number of aryl methyl sites for hydroxylation is 1. The van der Waals surface area contributed by atoms with Gasteiger partial charge in [-0.15, -0.1) is 0 Å². The van der Waals surface area contributed by atoms with E-state index in [1.165, 1.54) is 48.9 Å². The Kier molecular flexibility index (Phi) is 4.92. The molecule has 150 valence electrons.